The van der Waals surface area contributed by atoms with Crippen molar-refractivity contribution in [2.45, 2.75) is 44.3 Å². The SMILES string of the molecule is CC(C)(C)C[C@@H]1CN(C(=O)O)CCN1S(=O)(=O)c1ccc(C(F)(F)F)cc1. The molecule has 1 aliphatic heterocycles. The summed E-state index contributed by atoms with van der Waals surface area (Å²) in [4.78, 5) is 12.2. The first-order chi connectivity index (χ1) is 12.2. The number of carboxylic acid groups (broad SMARTS) is 1. The maximum absolute atomic E-state index is 13.0. The summed E-state index contributed by atoms with van der Waals surface area (Å²) in [5, 5.41) is 9.22. The van der Waals surface area contributed by atoms with Crippen LogP contribution in [0.2, 0.25) is 0 Å². The quantitative estimate of drug-likeness (QED) is 0.831. The van der Waals surface area contributed by atoms with Gasteiger partial charge in [0.25, 0.3) is 0 Å². The van der Waals surface area contributed by atoms with Crippen molar-refractivity contribution < 1.29 is 31.5 Å². The topological polar surface area (TPSA) is 77.9 Å². The van der Waals surface area contributed by atoms with Crippen LogP contribution in [-0.2, 0) is 16.2 Å². The molecule has 0 radical (unpaired) electrons. The molecule has 2 rings (SSSR count). The van der Waals surface area contributed by atoms with Crippen LogP contribution in [0.4, 0.5) is 18.0 Å². The molecule has 0 unspecified atom stereocenters. The first-order valence-corrected chi connectivity index (χ1v) is 9.83. The first kappa shape index (κ1) is 21.5. The van der Waals surface area contributed by atoms with Crippen LogP contribution in [0.1, 0.15) is 32.8 Å². The minimum atomic E-state index is -4.55. The van der Waals surface area contributed by atoms with Crippen LogP contribution in [0.5, 0.6) is 0 Å². The number of alkyl halides is 3. The van der Waals surface area contributed by atoms with Gasteiger partial charge in [0.05, 0.1) is 10.5 Å². The summed E-state index contributed by atoms with van der Waals surface area (Å²) < 4.78 is 65.4. The fourth-order valence-electron chi connectivity index (χ4n) is 3.15. The van der Waals surface area contributed by atoms with E-state index in [0.29, 0.717) is 6.42 Å². The molecule has 0 aromatic heterocycles. The molecular weight excluding hydrogens is 385 g/mol. The molecule has 0 spiro atoms. The lowest BCUT2D eigenvalue weighted by Crippen LogP contribution is -2.57. The number of sulfonamides is 1. The van der Waals surface area contributed by atoms with Gasteiger partial charge < -0.3 is 10.0 Å². The van der Waals surface area contributed by atoms with Crippen LogP contribution in [-0.4, -0.2) is 54.5 Å². The van der Waals surface area contributed by atoms with Gasteiger partial charge in [0, 0.05) is 25.7 Å². The van der Waals surface area contributed by atoms with Gasteiger partial charge in [-0.2, -0.15) is 17.5 Å². The Labute approximate surface area is 156 Å². The van der Waals surface area contributed by atoms with Gasteiger partial charge in [-0.25, -0.2) is 13.2 Å². The molecule has 1 aromatic rings. The Morgan fingerprint density at radius 1 is 1.15 bits per heavy atom. The first-order valence-electron chi connectivity index (χ1n) is 8.39. The van der Waals surface area contributed by atoms with Crippen molar-refractivity contribution in [3.63, 3.8) is 0 Å². The molecule has 1 heterocycles. The van der Waals surface area contributed by atoms with E-state index in [4.69, 9.17) is 0 Å². The van der Waals surface area contributed by atoms with E-state index in [2.05, 4.69) is 0 Å². The summed E-state index contributed by atoms with van der Waals surface area (Å²) in [6.45, 7) is 5.72. The molecule has 1 aliphatic rings. The van der Waals surface area contributed by atoms with E-state index in [1.807, 2.05) is 20.8 Å². The fraction of sp³-hybridized carbons (Fsp3) is 0.588. The van der Waals surface area contributed by atoms with Crippen LogP contribution >= 0.6 is 0 Å². The monoisotopic (exact) mass is 408 g/mol. The normalized spacial score (nSPS) is 19.9. The number of hydrogen-bond acceptors (Lipinski definition) is 3. The van der Waals surface area contributed by atoms with Crippen LogP contribution < -0.4 is 0 Å². The number of halogens is 3. The van der Waals surface area contributed by atoms with Crippen LogP contribution in [0, 0.1) is 5.41 Å². The number of amides is 1. The second-order valence-corrected chi connectivity index (χ2v) is 9.68. The smallest absolute Gasteiger partial charge is 0.416 e. The number of hydrogen-bond donors (Lipinski definition) is 1. The van der Waals surface area contributed by atoms with Crippen molar-refractivity contribution in [3.8, 4) is 0 Å². The number of benzene rings is 1. The highest BCUT2D eigenvalue weighted by atomic mass is 32.2. The molecule has 1 aromatic carbocycles. The predicted octanol–water partition coefficient (Wildman–Crippen LogP) is 3.49. The van der Waals surface area contributed by atoms with E-state index in [1.165, 1.54) is 4.31 Å². The molecule has 1 fully saturated rings. The summed E-state index contributed by atoms with van der Waals surface area (Å²) in [6.07, 6.45) is -5.26. The van der Waals surface area contributed by atoms with E-state index in [9.17, 15) is 31.5 Å². The summed E-state index contributed by atoms with van der Waals surface area (Å²) >= 11 is 0. The maximum Gasteiger partial charge on any atom is 0.416 e. The summed E-state index contributed by atoms with van der Waals surface area (Å²) in [5.74, 6) is 0. The third-order valence-corrected chi connectivity index (χ3v) is 6.30. The average molecular weight is 408 g/mol. The van der Waals surface area contributed by atoms with E-state index in [0.717, 1.165) is 29.2 Å². The highest BCUT2D eigenvalue weighted by molar-refractivity contribution is 7.89. The largest absolute Gasteiger partial charge is 0.465 e. The summed E-state index contributed by atoms with van der Waals surface area (Å²) in [5.41, 5.74) is -1.19. The molecule has 0 saturated carbocycles. The van der Waals surface area contributed by atoms with Crippen molar-refractivity contribution >= 4 is 16.1 Å². The van der Waals surface area contributed by atoms with Gasteiger partial charge in [0.15, 0.2) is 0 Å². The molecule has 1 N–H and O–H groups in total. The fourth-order valence-corrected chi connectivity index (χ4v) is 4.76. The van der Waals surface area contributed by atoms with E-state index in [-0.39, 0.29) is 29.9 Å². The molecule has 1 atom stereocenters. The average Bonchev–Trinajstić information content (AvgIpc) is 2.52. The molecule has 27 heavy (non-hydrogen) atoms. The minimum absolute atomic E-state index is 0.00976. The third-order valence-electron chi connectivity index (χ3n) is 4.34. The van der Waals surface area contributed by atoms with Crippen molar-refractivity contribution in [2.24, 2.45) is 5.41 Å². The Kier molecular flexibility index (Phi) is 5.82. The van der Waals surface area contributed by atoms with Gasteiger partial charge in [-0.1, -0.05) is 20.8 Å². The summed E-state index contributed by atoms with van der Waals surface area (Å²) in [7, 11) is -4.05. The molecular formula is C17H23F3N2O4S. The second-order valence-electron chi connectivity index (χ2n) is 7.79. The van der Waals surface area contributed by atoms with Gasteiger partial charge in [0.1, 0.15) is 0 Å². The molecule has 6 nitrogen and oxygen atoms in total. The Morgan fingerprint density at radius 3 is 2.15 bits per heavy atom. The Balaban J connectivity index is 2.35. The molecule has 152 valence electrons. The summed E-state index contributed by atoms with van der Waals surface area (Å²) in [6, 6.07) is 2.76. The molecule has 0 bridgehead atoms. The maximum atomic E-state index is 13.0. The zero-order valence-corrected chi connectivity index (χ0v) is 16.1. The van der Waals surface area contributed by atoms with E-state index >= 15 is 0 Å². The van der Waals surface area contributed by atoms with Crippen molar-refractivity contribution in [1.29, 1.82) is 0 Å². The molecule has 1 saturated heterocycles. The van der Waals surface area contributed by atoms with Gasteiger partial charge in [-0.05, 0) is 36.1 Å². The van der Waals surface area contributed by atoms with Gasteiger partial charge in [0.2, 0.25) is 10.0 Å². The number of carbonyl (C=O) groups is 1. The molecule has 10 heteroatoms. The molecule has 1 amide bonds. The lowest BCUT2D eigenvalue weighted by Gasteiger charge is -2.41. The second kappa shape index (κ2) is 7.31. The third kappa shape index (κ3) is 5.13. The van der Waals surface area contributed by atoms with Crippen LogP contribution in [0.25, 0.3) is 0 Å². The van der Waals surface area contributed by atoms with Crippen molar-refractivity contribution in [2.75, 3.05) is 19.6 Å². The standard InChI is InChI=1S/C17H23F3N2O4S/c1-16(2,3)10-13-11-21(15(23)24)8-9-22(13)27(25,26)14-6-4-12(5-7-14)17(18,19)20/h4-7,13H,8-11H2,1-3H3,(H,23,24)/t13-/m1/s1. The highest BCUT2D eigenvalue weighted by Gasteiger charge is 2.39. The van der Waals surface area contributed by atoms with Crippen molar-refractivity contribution in [1.82, 2.24) is 9.21 Å². The van der Waals surface area contributed by atoms with Crippen LogP contribution in [0.3, 0.4) is 0 Å². The molecule has 0 aliphatic carbocycles. The predicted molar refractivity (Wildman–Crippen MR) is 92.8 cm³/mol. The van der Waals surface area contributed by atoms with Gasteiger partial charge in [-0.3, -0.25) is 0 Å². The zero-order chi connectivity index (χ0) is 20.6. The van der Waals surface area contributed by atoms with Gasteiger partial charge in [-0.15, -0.1) is 0 Å². The number of nitrogens with zero attached hydrogens (tertiary/aromatic N) is 2. The van der Waals surface area contributed by atoms with Gasteiger partial charge >= 0.3 is 12.3 Å². The van der Waals surface area contributed by atoms with Crippen LogP contribution in [0.15, 0.2) is 29.2 Å². The highest BCUT2D eigenvalue weighted by Crippen LogP contribution is 2.32. The van der Waals surface area contributed by atoms with E-state index < -0.39 is 33.9 Å². The lowest BCUT2D eigenvalue weighted by atomic mass is 9.87. The lowest BCUT2D eigenvalue weighted by molar-refractivity contribution is -0.137. The Bertz CT molecular complexity index is 786. The van der Waals surface area contributed by atoms with Crippen molar-refractivity contribution in [3.05, 3.63) is 29.8 Å². The number of piperazine rings is 1. The Hall–Kier alpha value is -1.81. The number of rotatable bonds is 3. The zero-order valence-electron chi connectivity index (χ0n) is 15.3. The van der Waals surface area contributed by atoms with E-state index in [1.54, 1.807) is 0 Å². The Morgan fingerprint density at radius 2 is 1.70 bits per heavy atom. The minimum Gasteiger partial charge on any atom is -0.465 e.